The quantitative estimate of drug-likeness (QED) is 0.427. The van der Waals surface area contributed by atoms with Crippen LogP contribution in [-0.4, -0.2) is 19.6 Å². The second-order valence-electron chi connectivity index (χ2n) is 0.960. The van der Waals surface area contributed by atoms with Crippen molar-refractivity contribution in [2.24, 2.45) is 5.10 Å². The SMILES string of the molecule is [C]1=NNCCO1. The average Bonchev–Trinajstić information content (AvgIpc) is 1.72. The zero-order chi connectivity index (χ0) is 4.24. The summed E-state index contributed by atoms with van der Waals surface area (Å²) in [5, 5.41) is 3.45. The Balaban J connectivity index is 2.26. The van der Waals surface area contributed by atoms with Crippen LogP contribution in [0, 0.1) is 0 Å². The summed E-state index contributed by atoms with van der Waals surface area (Å²) >= 11 is 0. The molecule has 1 N–H and O–H groups in total. The van der Waals surface area contributed by atoms with Crippen LogP contribution in [-0.2, 0) is 4.74 Å². The van der Waals surface area contributed by atoms with E-state index in [9.17, 15) is 0 Å². The molecule has 0 saturated carbocycles. The zero-order valence-corrected chi connectivity index (χ0v) is 3.27. The first-order chi connectivity index (χ1) is 3.00. The first-order valence-electron chi connectivity index (χ1n) is 1.79. The summed E-state index contributed by atoms with van der Waals surface area (Å²) in [6.07, 6.45) is 2.30. The van der Waals surface area contributed by atoms with Crippen LogP contribution in [0.15, 0.2) is 5.10 Å². The van der Waals surface area contributed by atoms with Crippen molar-refractivity contribution in [2.45, 2.75) is 0 Å². The van der Waals surface area contributed by atoms with E-state index in [4.69, 9.17) is 0 Å². The summed E-state index contributed by atoms with van der Waals surface area (Å²) in [5.74, 6) is 0. The monoisotopic (exact) mass is 85.0 g/mol. The van der Waals surface area contributed by atoms with Crippen LogP contribution in [0.2, 0.25) is 0 Å². The number of rotatable bonds is 0. The van der Waals surface area contributed by atoms with Crippen LogP contribution >= 0.6 is 0 Å². The maximum absolute atomic E-state index is 4.59. The van der Waals surface area contributed by atoms with Crippen molar-refractivity contribution in [3.05, 3.63) is 0 Å². The van der Waals surface area contributed by atoms with Gasteiger partial charge in [0.2, 0.25) is 0 Å². The molecule has 1 rings (SSSR count). The van der Waals surface area contributed by atoms with Gasteiger partial charge in [-0.25, -0.2) is 0 Å². The predicted molar refractivity (Wildman–Crippen MR) is 21.4 cm³/mol. The molecule has 0 atom stereocenters. The lowest BCUT2D eigenvalue weighted by molar-refractivity contribution is 0.293. The molecule has 1 aliphatic heterocycles. The number of nitrogens with one attached hydrogen (secondary N) is 1. The van der Waals surface area contributed by atoms with Crippen LogP contribution in [0.3, 0.4) is 0 Å². The fourth-order valence-electron chi connectivity index (χ4n) is 0.263. The smallest absolute Gasteiger partial charge is 0.296 e. The molecule has 0 aromatic carbocycles. The lowest BCUT2D eigenvalue weighted by Gasteiger charge is -2.02. The Hall–Kier alpha value is -0.730. The Bertz CT molecular complexity index is 53.8. The van der Waals surface area contributed by atoms with Gasteiger partial charge >= 0.3 is 0 Å². The molecule has 1 aliphatic rings. The molecule has 6 heavy (non-hydrogen) atoms. The summed E-state index contributed by atoms with van der Waals surface area (Å²) < 4.78 is 4.59. The van der Waals surface area contributed by atoms with Crippen molar-refractivity contribution in [3.8, 4) is 0 Å². The number of nitrogens with zero attached hydrogens (tertiary/aromatic N) is 1. The minimum Gasteiger partial charge on any atom is -0.471 e. The van der Waals surface area contributed by atoms with E-state index < -0.39 is 0 Å². The highest BCUT2D eigenvalue weighted by Gasteiger charge is 1.86. The van der Waals surface area contributed by atoms with E-state index in [0.29, 0.717) is 6.61 Å². The maximum Gasteiger partial charge on any atom is 0.296 e. The molecule has 1 radical (unpaired) electrons. The largest absolute Gasteiger partial charge is 0.471 e. The molecular formula is C3H5N2O. The molecule has 0 aromatic rings. The van der Waals surface area contributed by atoms with Crippen LogP contribution in [0.25, 0.3) is 0 Å². The molecule has 0 unspecified atom stereocenters. The van der Waals surface area contributed by atoms with Crippen molar-refractivity contribution < 1.29 is 4.74 Å². The molecule has 0 aliphatic carbocycles. The lowest BCUT2D eigenvalue weighted by atomic mass is 10.7. The third-order valence-corrected chi connectivity index (χ3v) is 0.505. The summed E-state index contributed by atoms with van der Waals surface area (Å²) in [7, 11) is 0. The Labute approximate surface area is 36.0 Å². The highest BCUT2D eigenvalue weighted by atomic mass is 16.5. The fourth-order valence-corrected chi connectivity index (χ4v) is 0.263. The van der Waals surface area contributed by atoms with Crippen LogP contribution in [0.5, 0.6) is 0 Å². The van der Waals surface area contributed by atoms with Gasteiger partial charge in [-0.1, -0.05) is 0 Å². The third kappa shape index (κ3) is 0.607. The van der Waals surface area contributed by atoms with Crippen LogP contribution in [0.4, 0.5) is 0 Å². The first kappa shape index (κ1) is 3.46. The van der Waals surface area contributed by atoms with Crippen molar-refractivity contribution >= 4 is 6.40 Å². The standard InChI is InChI=1S/C3H5N2O/c1-2-6-3-5-4-1/h4H,1-2H2. The first-order valence-corrected chi connectivity index (χ1v) is 1.79. The summed E-state index contributed by atoms with van der Waals surface area (Å²) in [6.45, 7) is 1.48. The van der Waals surface area contributed by atoms with Crippen LogP contribution in [0.1, 0.15) is 0 Å². The Morgan fingerprint density at radius 3 is 3.00 bits per heavy atom. The van der Waals surface area contributed by atoms with Gasteiger partial charge in [0.05, 0.1) is 6.54 Å². The Kier molecular flexibility index (Phi) is 0.948. The summed E-state index contributed by atoms with van der Waals surface area (Å²) in [5.41, 5.74) is 2.67. The molecule has 0 aromatic heterocycles. The molecular weight excluding hydrogens is 80.0 g/mol. The van der Waals surface area contributed by atoms with E-state index in [1.165, 1.54) is 0 Å². The van der Waals surface area contributed by atoms with Gasteiger partial charge in [0.1, 0.15) is 6.61 Å². The van der Waals surface area contributed by atoms with E-state index >= 15 is 0 Å². The molecule has 1 heterocycles. The van der Waals surface area contributed by atoms with Gasteiger partial charge in [-0.3, -0.25) is 0 Å². The Morgan fingerprint density at radius 1 is 1.83 bits per heavy atom. The molecule has 0 bridgehead atoms. The second kappa shape index (κ2) is 1.64. The number of hydrogen-bond donors (Lipinski definition) is 1. The highest BCUT2D eigenvalue weighted by molar-refractivity contribution is 5.46. The number of ether oxygens (including phenoxy) is 1. The van der Waals surface area contributed by atoms with Crippen molar-refractivity contribution in [1.29, 1.82) is 0 Å². The van der Waals surface area contributed by atoms with Gasteiger partial charge in [0.25, 0.3) is 6.40 Å². The normalized spacial score (nSPS) is 18.7. The van der Waals surface area contributed by atoms with Gasteiger partial charge in [-0.05, 0) is 0 Å². The van der Waals surface area contributed by atoms with Crippen molar-refractivity contribution in [1.82, 2.24) is 5.43 Å². The summed E-state index contributed by atoms with van der Waals surface area (Å²) in [4.78, 5) is 0. The van der Waals surface area contributed by atoms with E-state index in [-0.39, 0.29) is 0 Å². The number of hydrogen-bond acceptors (Lipinski definition) is 3. The van der Waals surface area contributed by atoms with Gasteiger partial charge < -0.3 is 10.2 Å². The van der Waals surface area contributed by atoms with Gasteiger partial charge in [-0.2, -0.15) is 0 Å². The van der Waals surface area contributed by atoms with Crippen molar-refractivity contribution in [3.63, 3.8) is 0 Å². The second-order valence-corrected chi connectivity index (χ2v) is 0.960. The molecule has 3 nitrogen and oxygen atoms in total. The molecule has 3 heteroatoms. The fraction of sp³-hybridized carbons (Fsp3) is 0.667. The van der Waals surface area contributed by atoms with Gasteiger partial charge in [-0.15, -0.1) is 5.10 Å². The molecule has 33 valence electrons. The zero-order valence-electron chi connectivity index (χ0n) is 3.27. The van der Waals surface area contributed by atoms with Gasteiger partial charge in [0.15, 0.2) is 0 Å². The van der Waals surface area contributed by atoms with E-state index in [2.05, 4.69) is 21.7 Å². The van der Waals surface area contributed by atoms with Gasteiger partial charge in [0, 0.05) is 0 Å². The van der Waals surface area contributed by atoms with E-state index in [0.717, 1.165) is 6.54 Å². The predicted octanol–water partition coefficient (Wildman–Crippen LogP) is -0.574. The molecule has 0 fully saturated rings. The highest BCUT2D eigenvalue weighted by Crippen LogP contribution is 1.72. The lowest BCUT2D eigenvalue weighted by Crippen LogP contribution is -2.18. The van der Waals surface area contributed by atoms with E-state index in [1.807, 2.05) is 0 Å². The average molecular weight is 85.1 g/mol. The summed E-state index contributed by atoms with van der Waals surface area (Å²) in [6, 6.07) is 0. The molecule has 0 saturated heterocycles. The molecule has 0 amide bonds. The Morgan fingerprint density at radius 2 is 2.83 bits per heavy atom. The third-order valence-electron chi connectivity index (χ3n) is 0.505. The minimum absolute atomic E-state index is 0.684. The van der Waals surface area contributed by atoms with Crippen LogP contribution < -0.4 is 5.43 Å². The topological polar surface area (TPSA) is 33.6 Å². The minimum atomic E-state index is 0.684. The van der Waals surface area contributed by atoms with E-state index in [1.54, 1.807) is 0 Å². The molecule has 0 spiro atoms. The number of hydrazone groups is 1. The van der Waals surface area contributed by atoms with Crippen molar-refractivity contribution in [2.75, 3.05) is 13.2 Å². The maximum atomic E-state index is 4.59.